The molecule has 0 unspecified atom stereocenters. The van der Waals surface area contributed by atoms with Crippen molar-refractivity contribution in [2.75, 3.05) is 20.8 Å². The smallest absolute Gasteiger partial charge is 0.337 e. The molecular formula is C17H23NO6S. The van der Waals surface area contributed by atoms with E-state index in [0.29, 0.717) is 18.5 Å². The largest absolute Gasteiger partial charge is 0.469 e. The lowest BCUT2D eigenvalue weighted by atomic mass is 9.93. The van der Waals surface area contributed by atoms with Crippen molar-refractivity contribution in [3.8, 4) is 0 Å². The lowest BCUT2D eigenvalue weighted by molar-refractivity contribution is -0.145. The average molecular weight is 369 g/mol. The third-order valence-electron chi connectivity index (χ3n) is 4.42. The van der Waals surface area contributed by atoms with Crippen molar-refractivity contribution in [3.63, 3.8) is 0 Å². The molecule has 1 heterocycles. The molecule has 0 saturated carbocycles. The van der Waals surface area contributed by atoms with Crippen LogP contribution >= 0.6 is 0 Å². The van der Waals surface area contributed by atoms with Crippen LogP contribution in [0, 0.1) is 5.92 Å². The number of esters is 2. The Bertz CT molecular complexity index is 771. The Morgan fingerprint density at radius 1 is 1.20 bits per heavy atom. The van der Waals surface area contributed by atoms with Gasteiger partial charge in [0.05, 0.1) is 35.8 Å². The van der Waals surface area contributed by atoms with E-state index in [1.54, 1.807) is 13.8 Å². The zero-order chi connectivity index (χ0) is 18.8. The lowest BCUT2D eigenvalue weighted by Crippen LogP contribution is -2.27. The summed E-state index contributed by atoms with van der Waals surface area (Å²) in [5.41, 5.74) is 0.627. The van der Waals surface area contributed by atoms with Crippen molar-refractivity contribution in [1.29, 1.82) is 0 Å². The number of sulfone groups is 1. The summed E-state index contributed by atoms with van der Waals surface area (Å²) >= 11 is 0. The number of benzene rings is 1. The van der Waals surface area contributed by atoms with Crippen LogP contribution in [-0.2, 0) is 24.1 Å². The zero-order valence-electron chi connectivity index (χ0n) is 14.7. The summed E-state index contributed by atoms with van der Waals surface area (Å²) in [7, 11) is -1.04. The molecule has 1 N–H and O–H groups in total. The maximum atomic E-state index is 12.7. The third kappa shape index (κ3) is 3.69. The molecule has 1 aliphatic rings. The highest BCUT2D eigenvalue weighted by Crippen LogP contribution is 2.36. The standard InChI is InChI=1S/C17H23NO6S/c1-10(2)25(21,22)14-6-5-11(16(19)23-3)9-13(14)15-12(7-8-18-15)17(20)24-4/h5-6,9-10,12,15,18H,7-8H2,1-4H3/t12-,15-/m0/s1. The minimum absolute atomic E-state index is 0.114. The highest BCUT2D eigenvalue weighted by atomic mass is 32.2. The Morgan fingerprint density at radius 2 is 1.88 bits per heavy atom. The van der Waals surface area contributed by atoms with Crippen LogP contribution in [0.2, 0.25) is 0 Å². The molecular weight excluding hydrogens is 346 g/mol. The van der Waals surface area contributed by atoms with Gasteiger partial charge in [-0.05, 0) is 50.6 Å². The van der Waals surface area contributed by atoms with Crippen LogP contribution < -0.4 is 5.32 Å². The Kier molecular flexibility index (Phi) is 5.84. The molecule has 0 aromatic heterocycles. The van der Waals surface area contributed by atoms with Crippen LogP contribution in [-0.4, -0.2) is 46.4 Å². The van der Waals surface area contributed by atoms with E-state index in [4.69, 9.17) is 9.47 Å². The van der Waals surface area contributed by atoms with Crippen molar-refractivity contribution in [3.05, 3.63) is 29.3 Å². The molecule has 138 valence electrons. The zero-order valence-corrected chi connectivity index (χ0v) is 15.6. The summed E-state index contributed by atoms with van der Waals surface area (Å²) < 4.78 is 35.1. The number of nitrogens with one attached hydrogen (secondary N) is 1. The van der Waals surface area contributed by atoms with Crippen molar-refractivity contribution in [1.82, 2.24) is 5.32 Å². The van der Waals surface area contributed by atoms with E-state index >= 15 is 0 Å². The fourth-order valence-electron chi connectivity index (χ4n) is 2.98. The van der Waals surface area contributed by atoms with Crippen molar-refractivity contribution < 1.29 is 27.5 Å². The summed E-state index contributed by atoms with van der Waals surface area (Å²) in [5, 5.41) is 2.53. The topological polar surface area (TPSA) is 98.8 Å². The number of hydrogen-bond acceptors (Lipinski definition) is 7. The molecule has 0 aliphatic carbocycles. The van der Waals surface area contributed by atoms with Gasteiger partial charge in [0.2, 0.25) is 0 Å². The molecule has 1 saturated heterocycles. The summed E-state index contributed by atoms with van der Waals surface area (Å²) in [5.74, 6) is -1.49. The molecule has 7 nitrogen and oxygen atoms in total. The van der Waals surface area contributed by atoms with Gasteiger partial charge in [0.25, 0.3) is 0 Å². The van der Waals surface area contributed by atoms with E-state index in [9.17, 15) is 18.0 Å². The van der Waals surface area contributed by atoms with Gasteiger partial charge in [0, 0.05) is 6.04 Å². The Labute approximate surface area is 147 Å². The van der Waals surface area contributed by atoms with Gasteiger partial charge in [-0.1, -0.05) is 0 Å². The Morgan fingerprint density at radius 3 is 2.44 bits per heavy atom. The number of hydrogen-bond donors (Lipinski definition) is 1. The van der Waals surface area contributed by atoms with Gasteiger partial charge >= 0.3 is 11.9 Å². The molecule has 8 heteroatoms. The van der Waals surface area contributed by atoms with E-state index in [-0.39, 0.29) is 10.5 Å². The Balaban J connectivity index is 2.63. The van der Waals surface area contributed by atoms with Crippen LogP contribution in [0.15, 0.2) is 23.1 Å². The Hall–Kier alpha value is -1.93. The van der Waals surface area contributed by atoms with Gasteiger partial charge < -0.3 is 14.8 Å². The molecule has 1 aromatic rings. The van der Waals surface area contributed by atoms with Crippen LogP contribution in [0.25, 0.3) is 0 Å². The monoisotopic (exact) mass is 369 g/mol. The molecule has 0 amide bonds. The lowest BCUT2D eigenvalue weighted by Gasteiger charge is -2.22. The number of carbonyl (C=O) groups is 2. The normalized spacial score (nSPS) is 20.5. The van der Waals surface area contributed by atoms with E-state index in [1.165, 1.54) is 32.4 Å². The highest BCUT2D eigenvalue weighted by Gasteiger charge is 2.38. The number of rotatable bonds is 5. The van der Waals surface area contributed by atoms with Crippen LogP contribution in [0.4, 0.5) is 0 Å². The first kappa shape index (κ1) is 19.4. The molecule has 0 bridgehead atoms. The summed E-state index contributed by atoms with van der Waals surface area (Å²) in [6.07, 6.45) is 0.529. The predicted octanol–water partition coefficient (Wildman–Crippen LogP) is 1.48. The molecule has 2 rings (SSSR count). The van der Waals surface area contributed by atoms with E-state index in [2.05, 4.69) is 5.32 Å². The predicted molar refractivity (Wildman–Crippen MR) is 91.0 cm³/mol. The van der Waals surface area contributed by atoms with Crippen molar-refractivity contribution >= 4 is 21.8 Å². The molecule has 25 heavy (non-hydrogen) atoms. The fourth-order valence-corrected chi connectivity index (χ4v) is 4.26. The minimum Gasteiger partial charge on any atom is -0.469 e. The first-order chi connectivity index (χ1) is 11.7. The van der Waals surface area contributed by atoms with Gasteiger partial charge in [-0.2, -0.15) is 0 Å². The quantitative estimate of drug-likeness (QED) is 0.785. The maximum Gasteiger partial charge on any atom is 0.337 e. The van der Waals surface area contributed by atoms with Gasteiger partial charge in [-0.15, -0.1) is 0 Å². The van der Waals surface area contributed by atoms with E-state index < -0.39 is 39.0 Å². The second kappa shape index (κ2) is 7.53. The van der Waals surface area contributed by atoms with Crippen LogP contribution in [0.1, 0.15) is 42.2 Å². The molecule has 0 spiro atoms. The molecule has 1 aromatic carbocycles. The third-order valence-corrected chi connectivity index (χ3v) is 6.65. The van der Waals surface area contributed by atoms with Gasteiger partial charge in [-0.25, -0.2) is 13.2 Å². The maximum absolute atomic E-state index is 12.7. The highest BCUT2D eigenvalue weighted by molar-refractivity contribution is 7.92. The first-order valence-electron chi connectivity index (χ1n) is 8.01. The molecule has 1 fully saturated rings. The number of carbonyl (C=O) groups excluding carboxylic acids is 2. The van der Waals surface area contributed by atoms with Crippen LogP contribution in [0.5, 0.6) is 0 Å². The van der Waals surface area contributed by atoms with Gasteiger partial charge in [0.15, 0.2) is 9.84 Å². The summed E-state index contributed by atoms with van der Waals surface area (Å²) in [4.78, 5) is 24.0. The van der Waals surface area contributed by atoms with Crippen molar-refractivity contribution in [2.45, 2.75) is 36.5 Å². The first-order valence-corrected chi connectivity index (χ1v) is 9.56. The van der Waals surface area contributed by atoms with Gasteiger partial charge in [-0.3, -0.25) is 4.79 Å². The van der Waals surface area contributed by atoms with E-state index in [1.807, 2.05) is 0 Å². The van der Waals surface area contributed by atoms with Crippen molar-refractivity contribution in [2.24, 2.45) is 5.92 Å². The molecule has 1 aliphatic heterocycles. The SMILES string of the molecule is COC(=O)c1ccc(S(=O)(=O)C(C)C)c([C@H]2NCC[C@@H]2C(=O)OC)c1. The fraction of sp³-hybridized carbons (Fsp3) is 0.529. The molecule has 0 radical (unpaired) electrons. The summed E-state index contributed by atoms with van der Waals surface area (Å²) in [6.45, 7) is 3.73. The van der Waals surface area contributed by atoms with E-state index in [0.717, 1.165) is 0 Å². The number of ether oxygens (including phenoxy) is 2. The minimum atomic E-state index is -3.59. The second-order valence-electron chi connectivity index (χ2n) is 6.19. The van der Waals surface area contributed by atoms with Crippen LogP contribution in [0.3, 0.4) is 0 Å². The molecule has 2 atom stereocenters. The van der Waals surface area contributed by atoms with Gasteiger partial charge in [0.1, 0.15) is 0 Å². The summed E-state index contributed by atoms with van der Waals surface area (Å²) in [6, 6.07) is 3.78. The second-order valence-corrected chi connectivity index (χ2v) is 8.66. The average Bonchev–Trinajstić information content (AvgIpc) is 3.09. The number of methoxy groups -OCH3 is 2.